The van der Waals surface area contributed by atoms with E-state index in [1.807, 2.05) is 0 Å². The van der Waals surface area contributed by atoms with Gasteiger partial charge in [0.1, 0.15) is 34.8 Å². The van der Waals surface area contributed by atoms with Gasteiger partial charge in [-0.3, -0.25) is 9.09 Å². The van der Waals surface area contributed by atoms with Crippen LogP contribution >= 0.6 is 6.72 Å². The van der Waals surface area contributed by atoms with Crippen molar-refractivity contribution in [3.63, 3.8) is 0 Å². The maximum absolute atomic E-state index is 15.7. The van der Waals surface area contributed by atoms with Crippen LogP contribution in [0.4, 0.5) is 23.4 Å². The Hall–Kier alpha value is -3.76. The zero-order valence-corrected chi connectivity index (χ0v) is 24.1. The molecule has 1 unspecified atom stereocenters. The van der Waals surface area contributed by atoms with Gasteiger partial charge in [0.15, 0.2) is 23.8 Å². The first-order chi connectivity index (χ1) is 20.4. The van der Waals surface area contributed by atoms with E-state index in [9.17, 15) is 13.9 Å². The maximum atomic E-state index is 15.7. The number of nitrogens with zero attached hydrogens (tertiary/aromatic N) is 4. The van der Waals surface area contributed by atoms with Crippen molar-refractivity contribution >= 4 is 35.5 Å². The molecule has 2 aromatic heterocycles. The number of aliphatic hydroxyl groups is 1. The number of nitrogens with two attached hydrogens (primary N) is 1. The summed E-state index contributed by atoms with van der Waals surface area (Å²) < 4.78 is 94.0. The first kappa shape index (κ1) is 30.7. The molecule has 0 spiro atoms. The highest BCUT2D eigenvalue weighted by atomic mass is 32.5. The Labute approximate surface area is 246 Å². The molecule has 2 aromatic carbocycles. The number of alkyl halides is 4. The molecule has 3 atom stereocenters. The predicted molar refractivity (Wildman–Crippen MR) is 147 cm³/mol. The van der Waals surface area contributed by atoms with Gasteiger partial charge >= 0.3 is 12.6 Å². The first-order valence-corrected chi connectivity index (χ1v) is 14.9. The lowest BCUT2D eigenvalue weighted by Gasteiger charge is -2.34. The number of aliphatic hydroxyl groups excluding tert-OH is 1. The lowest BCUT2D eigenvalue weighted by Crippen LogP contribution is -2.57. The van der Waals surface area contributed by atoms with Crippen molar-refractivity contribution in [1.29, 1.82) is 0 Å². The van der Waals surface area contributed by atoms with Crippen LogP contribution in [0.5, 0.6) is 23.0 Å². The maximum Gasteiger partial charge on any atom is 0.435 e. The number of methoxy groups -OCH3 is 2. The fourth-order valence-electron chi connectivity index (χ4n) is 4.22. The summed E-state index contributed by atoms with van der Waals surface area (Å²) in [6.45, 7) is -5.72. The third-order valence-electron chi connectivity index (χ3n) is 6.54. The largest absolute Gasteiger partial charge is 0.497 e. The van der Waals surface area contributed by atoms with Gasteiger partial charge in [-0.05, 0) is 48.5 Å². The zero-order valence-electron chi connectivity index (χ0n) is 22.3. The average molecular weight is 646 g/mol. The summed E-state index contributed by atoms with van der Waals surface area (Å²) in [7, 11) is 2.88. The molecule has 230 valence electrons. The van der Waals surface area contributed by atoms with Crippen molar-refractivity contribution in [3.05, 3.63) is 61.2 Å². The number of fused-ring (bicyclic) bond motifs is 1. The number of benzene rings is 2. The Morgan fingerprint density at radius 1 is 0.977 bits per heavy atom. The van der Waals surface area contributed by atoms with Crippen LogP contribution in [0.15, 0.2) is 61.2 Å². The molecule has 4 aromatic rings. The zero-order chi connectivity index (χ0) is 31.0. The van der Waals surface area contributed by atoms with Crippen LogP contribution < -0.4 is 24.3 Å². The molecule has 5 rings (SSSR count). The van der Waals surface area contributed by atoms with Gasteiger partial charge in [0.2, 0.25) is 5.60 Å². The highest BCUT2D eigenvalue weighted by Gasteiger charge is 2.74. The molecule has 3 heterocycles. The summed E-state index contributed by atoms with van der Waals surface area (Å²) in [5.41, 5.74) is 1.90. The minimum atomic E-state index is -4.58. The summed E-state index contributed by atoms with van der Waals surface area (Å²) in [6.07, 6.45) is -6.77. The molecular weight excluding hydrogens is 621 g/mol. The molecule has 1 fully saturated rings. The Balaban J connectivity index is 1.48. The van der Waals surface area contributed by atoms with Crippen molar-refractivity contribution in [2.45, 2.75) is 30.3 Å². The Morgan fingerprint density at radius 2 is 1.51 bits per heavy atom. The number of nitrogen functional groups attached to an aromatic ring is 1. The molecule has 0 bridgehead atoms. The fourth-order valence-corrected chi connectivity index (χ4v) is 6.15. The van der Waals surface area contributed by atoms with E-state index in [0.29, 0.717) is 11.5 Å². The molecular formula is C25H24F4N5O7PS. The smallest absolute Gasteiger partial charge is 0.435 e. The number of hydrogen-bond donors (Lipinski definition) is 2. The minimum absolute atomic E-state index is 0.0105. The normalized spacial score (nSPS) is 21.7. The number of aromatic nitrogens is 4. The van der Waals surface area contributed by atoms with Crippen molar-refractivity contribution in [2.75, 3.05) is 26.6 Å². The number of anilines is 1. The van der Waals surface area contributed by atoms with E-state index < -0.39 is 43.6 Å². The Morgan fingerprint density at radius 3 is 2.02 bits per heavy atom. The second kappa shape index (κ2) is 11.7. The number of halogens is 4. The third kappa shape index (κ3) is 5.65. The molecule has 1 saturated heterocycles. The summed E-state index contributed by atoms with van der Waals surface area (Å²) in [4.78, 5) is 11.6. The van der Waals surface area contributed by atoms with E-state index in [4.69, 9.17) is 45.3 Å². The first-order valence-electron chi connectivity index (χ1n) is 12.3. The van der Waals surface area contributed by atoms with E-state index in [0.717, 1.165) is 17.2 Å². The van der Waals surface area contributed by atoms with Gasteiger partial charge in [0.25, 0.3) is 6.43 Å². The molecule has 18 heteroatoms. The lowest BCUT2D eigenvalue weighted by atomic mass is 9.95. The fraction of sp³-hybridized carbons (Fsp3) is 0.320. The van der Waals surface area contributed by atoms with Crippen LogP contribution in [-0.2, 0) is 21.1 Å². The Bertz CT molecular complexity index is 1580. The molecule has 0 radical (unpaired) electrons. The number of ether oxygens (including phenoxy) is 3. The quantitative estimate of drug-likeness (QED) is 0.177. The van der Waals surface area contributed by atoms with Crippen molar-refractivity contribution in [1.82, 2.24) is 19.5 Å². The van der Waals surface area contributed by atoms with Gasteiger partial charge in [-0.2, -0.15) is 8.78 Å². The lowest BCUT2D eigenvalue weighted by molar-refractivity contribution is -0.241. The van der Waals surface area contributed by atoms with E-state index in [1.165, 1.54) is 62.8 Å². The van der Waals surface area contributed by atoms with Gasteiger partial charge < -0.3 is 34.1 Å². The van der Waals surface area contributed by atoms with Crippen LogP contribution in [0.1, 0.15) is 6.23 Å². The van der Waals surface area contributed by atoms with E-state index >= 15 is 8.78 Å². The van der Waals surface area contributed by atoms with Gasteiger partial charge in [0, 0.05) is 11.8 Å². The number of imidazole rings is 1. The van der Waals surface area contributed by atoms with Crippen LogP contribution in [-0.4, -0.2) is 69.5 Å². The van der Waals surface area contributed by atoms with Crippen LogP contribution in [0.2, 0.25) is 0 Å². The van der Waals surface area contributed by atoms with Crippen LogP contribution in [0.25, 0.3) is 11.2 Å². The van der Waals surface area contributed by atoms with E-state index in [2.05, 4.69) is 15.0 Å². The monoisotopic (exact) mass is 645 g/mol. The minimum Gasteiger partial charge on any atom is -0.497 e. The van der Waals surface area contributed by atoms with Crippen molar-refractivity contribution in [3.8, 4) is 23.0 Å². The van der Waals surface area contributed by atoms with Crippen molar-refractivity contribution in [2.24, 2.45) is 0 Å². The predicted octanol–water partition coefficient (Wildman–Crippen LogP) is 4.35. The highest BCUT2D eigenvalue weighted by Crippen LogP contribution is 2.56. The Kier molecular flexibility index (Phi) is 8.37. The average Bonchev–Trinajstić information content (AvgIpc) is 3.50. The topological polar surface area (TPSA) is 145 Å². The highest BCUT2D eigenvalue weighted by molar-refractivity contribution is 8.07. The second-order valence-corrected chi connectivity index (χ2v) is 12.0. The standard InChI is InChI=1S/C25H24F4N5O7PS/c1-36-14-3-7-16(8-4-14)40-42(43,41-17-9-5-15(37-2)6-10-17)38-11-24(23(26)27)25(28,29)19(35)22(39-24)34-13-33-18-20(30)31-12-32-21(18)34/h3-10,12-13,19,22-23,35H,11H2,1-2H3,(H2,30,31,32)/t19?,22-,24+/m1/s1. The van der Waals surface area contributed by atoms with Crippen molar-refractivity contribution < 1.29 is 50.5 Å². The second-order valence-electron chi connectivity index (χ2n) is 9.10. The van der Waals surface area contributed by atoms with Crippen LogP contribution in [0.3, 0.4) is 0 Å². The molecule has 0 aliphatic carbocycles. The molecule has 1 aliphatic heterocycles. The van der Waals surface area contributed by atoms with Gasteiger partial charge in [-0.15, -0.1) is 0 Å². The number of rotatable bonds is 11. The summed E-state index contributed by atoms with van der Waals surface area (Å²) in [5.74, 6) is -3.61. The molecule has 3 N–H and O–H groups in total. The van der Waals surface area contributed by atoms with Gasteiger partial charge in [-0.25, -0.2) is 23.7 Å². The molecule has 12 nitrogen and oxygen atoms in total. The van der Waals surface area contributed by atoms with Gasteiger partial charge in [-0.1, -0.05) is 0 Å². The molecule has 43 heavy (non-hydrogen) atoms. The van der Waals surface area contributed by atoms with E-state index in [1.54, 1.807) is 0 Å². The van der Waals surface area contributed by atoms with Crippen LogP contribution in [0, 0.1) is 0 Å². The van der Waals surface area contributed by atoms with Gasteiger partial charge in [0.05, 0.1) is 27.2 Å². The molecule has 0 amide bonds. The molecule has 1 aliphatic rings. The molecule has 0 saturated carbocycles. The number of hydrogen-bond acceptors (Lipinski definition) is 12. The third-order valence-corrected chi connectivity index (χ3v) is 8.62. The summed E-state index contributed by atoms with van der Waals surface area (Å²) in [6, 6.07) is 11.8. The summed E-state index contributed by atoms with van der Waals surface area (Å²) >= 11 is 5.48. The van der Waals surface area contributed by atoms with E-state index in [-0.39, 0.29) is 28.5 Å². The summed E-state index contributed by atoms with van der Waals surface area (Å²) in [5, 5.41) is 10.6. The SMILES string of the molecule is COc1ccc(OP(=S)(OC[C@@]2(C(F)F)O[C@@H](n3cnc4c(N)ncnc43)C(O)C2(F)F)Oc2ccc(OC)cc2)cc1.